The minimum Gasteiger partial charge on any atom is -0.381 e. The Balaban J connectivity index is 1.72. The molecule has 2 aromatic rings. The zero-order chi connectivity index (χ0) is 14.7. The van der Waals surface area contributed by atoms with Crippen molar-refractivity contribution in [3.8, 4) is 5.69 Å². The molecule has 1 fully saturated rings. The van der Waals surface area contributed by atoms with Gasteiger partial charge >= 0.3 is 0 Å². The van der Waals surface area contributed by atoms with Crippen molar-refractivity contribution in [2.45, 2.75) is 26.3 Å². The molecule has 3 rings (SSSR count). The Bertz CT molecular complexity index is 567. The highest BCUT2D eigenvalue weighted by Crippen LogP contribution is 2.25. The van der Waals surface area contributed by atoms with Gasteiger partial charge in [0.05, 0.1) is 30.4 Å². The van der Waals surface area contributed by atoms with Crippen LogP contribution in [0, 0.1) is 11.8 Å². The monoisotopic (exact) mass is 286 g/mol. The Labute approximate surface area is 125 Å². The van der Waals surface area contributed by atoms with Crippen molar-refractivity contribution >= 4 is 5.69 Å². The summed E-state index contributed by atoms with van der Waals surface area (Å²) in [6.07, 6.45) is 8.51. The van der Waals surface area contributed by atoms with E-state index in [0.717, 1.165) is 31.0 Å². The maximum Gasteiger partial charge on any atom is 0.0733 e. The van der Waals surface area contributed by atoms with Gasteiger partial charge in [-0.1, -0.05) is 13.8 Å². The van der Waals surface area contributed by atoms with Crippen molar-refractivity contribution in [2.75, 3.05) is 18.5 Å². The standard InChI is InChI=1S/C16H22N4O/c1-12(2)15-11-21-8-5-16(15)19-13-9-18-20(10-13)14-3-6-17-7-4-14/h3-4,6-7,9-10,12,15-16,19H,5,8,11H2,1-2H3. The van der Waals surface area contributed by atoms with Crippen LogP contribution in [0.5, 0.6) is 0 Å². The van der Waals surface area contributed by atoms with Gasteiger partial charge in [0.1, 0.15) is 0 Å². The van der Waals surface area contributed by atoms with Crippen molar-refractivity contribution in [3.63, 3.8) is 0 Å². The van der Waals surface area contributed by atoms with Crippen LogP contribution in [0.3, 0.4) is 0 Å². The number of hydrogen-bond donors (Lipinski definition) is 1. The van der Waals surface area contributed by atoms with E-state index in [1.54, 1.807) is 12.4 Å². The molecule has 2 unspecified atom stereocenters. The summed E-state index contributed by atoms with van der Waals surface area (Å²) in [6, 6.07) is 4.35. The van der Waals surface area contributed by atoms with Crippen LogP contribution in [0.2, 0.25) is 0 Å². The summed E-state index contributed by atoms with van der Waals surface area (Å²) in [6.45, 7) is 6.19. The number of aromatic nitrogens is 3. The van der Waals surface area contributed by atoms with E-state index in [1.807, 2.05) is 29.2 Å². The number of hydrogen-bond acceptors (Lipinski definition) is 4. The van der Waals surface area contributed by atoms with Gasteiger partial charge in [0.25, 0.3) is 0 Å². The molecule has 0 aliphatic carbocycles. The van der Waals surface area contributed by atoms with Gasteiger partial charge in [0.15, 0.2) is 0 Å². The molecule has 2 atom stereocenters. The Morgan fingerprint density at radius 3 is 2.90 bits per heavy atom. The third-order valence-corrected chi connectivity index (χ3v) is 4.12. The van der Waals surface area contributed by atoms with Gasteiger partial charge in [-0.05, 0) is 24.5 Å². The number of rotatable bonds is 4. The molecule has 2 aromatic heterocycles. The maximum atomic E-state index is 5.62. The third kappa shape index (κ3) is 3.24. The molecule has 1 aliphatic rings. The normalized spacial score (nSPS) is 22.4. The molecule has 0 radical (unpaired) electrons. The first-order valence-electron chi connectivity index (χ1n) is 7.53. The molecular formula is C16H22N4O. The SMILES string of the molecule is CC(C)C1COCCC1Nc1cnn(-c2ccncc2)c1. The first kappa shape index (κ1) is 14.1. The lowest BCUT2D eigenvalue weighted by molar-refractivity contribution is 0.0290. The van der Waals surface area contributed by atoms with Crippen molar-refractivity contribution in [2.24, 2.45) is 11.8 Å². The summed E-state index contributed by atoms with van der Waals surface area (Å²) >= 11 is 0. The van der Waals surface area contributed by atoms with Crippen molar-refractivity contribution < 1.29 is 4.74 Å². The molecule has 3 heterocycles. The molecule has 5 heteroatoms. The Morgan fingerprint density at radius 1 is 1.33 bits per heavy atom. The first-order chi connectivity index (χ1) is 10.2. The van der Waals surface area contributed by atoms with Gasteiger partial charge < -0.3 is 10.1 Å². The Morgan fingerprint density at radius 2 is 2.14 bits per heavy atom. The lowest BCUT2D eigenvalue weighted by Crippen LogP contribution is -2.40. The van der Waals surface area contributed by atoms with E-state index >= 15 is 0 Å². The van der Waals surface area contributed by atoms with Gasteiger partial charge in [0, 0.05) is 31.0 Å². The maximum absolute atomic E-state index is 5.62. The van der Waals surface area contributed by atoms with E-state index < -0.39 is 0 Å². The van der Waals surface area contributed by atoms with Crippen LogP contribution in [0.4, 0.5) is 5.69 Å². The molecule has 112 valence electrons. The van der Waals surface area contributed by atoms with Crippen molar-refractivity contribution in [3.05, 3.63) is 36.9 Å². The predicted molar refractivity (Wildman–Crippen MR) is 82.5 cm³/mol. The summed E-state index contributed by atoms with van der Waals surface area (Å²) in [5.74, 6) is 1.15. The molecule has 5 nitrogen and oxygen atoms in total. The number of nitrogens with one attached hydrogen (secondary N) is 1. The minimum atomic E-state index is 0.453. The fraction of sp³-hybridized carbons (Fsp3) is 0.500. The number of nitrogens with zero attached hydrogens (tertiary/aromatic N) is 3. The smallest absolute Gasteiger partial charge is 0.0733 e. The fourth-order valence-electron chi connectivity index (χ4n) is 2.85. The predicted octanol–water partition coefficient (Wildman–Crippen LogP) is 2.74. The van der Waals surface area contributed by atoms with Gasteiger partial charge in [0.2, 0.25) is 0 Å². The summed E-state index contributed by atoms with van der Waals surface area (Å²) in [7, 11) is 0. The molecule has 1 aliphatic heterocycles. The third-order valence-electron chi connectivity index (χ3n) is 4.12. The van der Waals surface area contributed by atoms with E-state index in [9.17, 15) is 0 Å². The van der Waals surface area contributed by atoms with Crippen LogP contribution in [0.1, 0.15) is 20.3 Å². The van der Waals surface area contributed by atoms with E-state index in [4.69, 9.17) is 4.74 Å². The lowest BCUT2D eigenvalue weighted by atomic mass is 9.86. The summed E-state index contributed by atoms with van der Waals surface area (Å²) < 4.78 is 7.49. The minimum absolute atomic E-state index is 0.453. The van der Waals surface area contributed by atoms with Crippen LogP contribution in [-0.4, -0.2) is 34.0 Å². The first-order valence-corrected chi connectivity index (χ1v) is 7.53. The number of ether oxygens (including phenoxy) is 1. The van der Waals surface area contributed by atoms with Crippen LogP contribution < -0.4 is 5.32 Å². The van der Waals surface area contributed by atoms with Crippen molar-refractivity contribution in [1.82, 2.24) is 14.8 Å². The van der Waals surface area contributed by atoms with E-state index in [-0.39, 0.29) is 0 Å². The molecule has 0 bridgehead atoms. The van der Waals surface area contributed by atoms with Gasteiger partial charge in [-0.25, -0.2) is 4.68 Å². The van der Waals surface area contributed by atoms with Gasteiger partial charge in [-0.3, -0.25) is 4.98 Å². The molecular weight excluding hydrogens is 264 g/mol. The largest absolute Gasteiger partial charge is 0.381 e. The van der Waals surface area contributed by atoms with Gasteiger partial charge in [-0.2, -0.15) is 5.10 Å². The van der Waals surface area contributed by atoms with Gasteiger partial charge in [-0.15, -0.1) is 0 Å². The fourth-order valence-corrected chi connectivity index (χ4v) is 2.85. The Hall–Kier alpha value is -1.88. The van der Waals surface area contributed by atoms with Crippen LogP contribution in [0.15, 0.2) is 36.9 Å². The van der Waals surface area contributed by atoms with E-state index in [0.29, 0.717) is 17.9 Å². The zero-order valence-corrected chi connectivity index (χ0v) is 12.6. The van der Waals surface area contributed by atoms with Crippen LogP contribution in [-0.2, 0) is 4.74 Å². The second kappa shape index (κ2) is 6.26. The lowest BCUT2D eigenvalue weighted by Gasteiger charge is -2.35. The summed E-state index contributed by atoms with van der Waals surface area (Å²) in [5.41, 5.74) is 2.08. The molecule has 0 amide bonds. The van der Waals surface area contributed by atoms with Crippen LogP contribution in [0.25, 0.3) is 5.69 Å². The average Bonchev–Trinajstić information content (AvgIpc) is 2.97. The second-order valence-corrected chi connectivity index (χ2v) is 5.90. The molecule has 0 spiro atoms. The highest BCUT2D eigenvalue weighted by Gasteiger charge is 2.28. The molecule has 1 saturated heterocycles. The summed E-state index contributed by atoms with van der Waals surface area (Å²) in [5, 5.41) is 8.04. The van der Waals surface area contributed by atoms with E-state index in [1.165, 1.54) is 0 Å². The highest BCUT2D eigenvalue weighted by molar-refractivity contribution is 5.43. The average molecular weight is 286 g/mol. The Kier molecular flexibility index (Phi) is 4.20. The molecule has 1 N–H and O–H groups in total. The highest BCUT2D eigenvalue weighted by atomic mass is 16.5. The second-order valence-electron chi connectivity index (χ2n) is 5.90. The van der Waals surface area contributed by atoms with E-state index in [2.05, 4.69) is 29.2 Å². The molecule has 0 aromatic carbocycles. The topological polar surface area (TPSA) is 52.0 Å². The quantitative estimate of drug-likeness (QED) is 0.939. The molecule has 0 saturated carbocycles. The molecule has 21 heavy (non-hydrogen) atoms. The summed E-state index contributed by atoms with van der Waals surface area (Å²) in [4.78, 5) is 4.03. The zero-order valence-electron chi connectivity index (χ0n) is 12.6. The number of pyridine rings is 1. The van der Waals surface area contributed by atoms with Crippen LogP contribution >= 0.6 is 0 Å². The number of anilines is 1. The van der Waals surface area contributed by atoms with Crippen molar-refractivity contribution in [1.29, 1.82) is 0 Å².